The van der Waals surface area contributed by atoms with E-state index in [4.69, 9.17) is 9.47 Å². The first kappa shape index (κ1) is 21.7. The van der Waals surface area contributed by atoms with Gasteiger partial charge in [0.25, 0.3) is 0 Å². The number of esters is 1. The Balaban J connectivity index is 1.95. The largest absolute Gasteiger partial charge is 0.497 e. The Morgan fingerprint density at radius 2 is 1.90 bits per heavy atom. The molecule has 3 rings (SSSR count). The second-order valence-corrected chi connectivity index (χ2v) is 8.51. The van der Waals surface area contributed by atoms with Gasteiger partial charge >= 0.3 is 5.97 Å². The fourth-order valence-electron chi connectivity index (χ4n) is 3.81. The molecule has 1 aromatic carbocycles. The van der Waals surface area contributed by atoms with Gasteiger partial charge in [-0.1, -0.05) is 44.4 Å². The fourth-order valence-corrected chi connectivity index (χ4v) is 5.02. The molecule has 0 radical (unpaired) electrons. The summed E-state index contributed by atoms with van der Waals surface area (Å²) < 4.78 is 12.8. The molecule has 0 bridgehead atoms. The molecule has 1 saturated carbocycles. The van der Waals surface area contributed by atoms with Crippen LogP contribution in [0.15, 0.2) is 29.4 Å². The van der Waals surface area contributed by atoms with Crippen molar-refractivity contribution in [1.82, 2.24) is 14.8 Å². The van der Waals surface area contributed by atoms with Crippen LogP contribution in [0.1, 0.15) is 64.8 Å². The van der Waals surface area contributed by atoms with Gasteiger partial charge in [-0.2, -0.15) is 0 Å². The molecule has 0 aliphatic heterocycles. The Kier molecular flexibility index (Phi) is 7.98. The van der Waals surface area contributed by atoms with Crippen LogP contribution >= 0.6 is 11.8 Å². The number of aromatic nitrogens is 3. The van der Waals surface area contributed by atoms with E-state index in [0.29, 0.717) is 12.6 Å². The van der Waals surface area contributed by atoms with Crippen molar-refractivity contribution in [2.75, 3.05) is 13.7 Å². The molecule has 29 heavy (non-hydrogen) atoms. The number of hydrogen-bond donors (Lipinski definition) is 0. The van der Waals surface area contributed by atoms with Crippen LogP contribution in [0.25, 0.3) is 11.4 Å². The molecule has 1 fully saturated rings. The van der Waals surface area contributed by atoms with E-state index in [1.165, 1.54) is 31.0 Å². The van der Waals surface area contributed by atoms with Crippen LogP contribution in [-0.4, -0.2) is 39.7 Å². The first-order valence-electron chi connectivity index (χ1n) is 10.6. The molecule has 0 spiro atoms. The van der Waals surface area contributed by atoms with Crippen molar-refractivity contribution < 1.29 is 14.3 Å². The van der Waals surface area contributed by atoms with Crippen molar-refractivity contribution >= 4 is 17.7 Å². The van der Waals surface area contributed by atoms with Crippen LogP contribution in [0.4, 0.5) is 0 Å². The van der Waals surface area contributed by atoms with Gasteiger partial charge in [-0.15, -0.1) is 10.2 Å². The first-order chi connectivity index (χ1) is 14.2. The highest BCUT2D eigenvalue weighted by atomic mass is 32.2. The van der Waals surface area contributed by atoms with Crippen molar-refractivity contribution in [1.29, 1.82) is 0 Å². The van der Waals surface area contributed by atoms with E-state index in [1.54, 1.807) is 7.11 Å². The van der Waals surface area contributed by atoms with Gasteiger partial charge in [0.2, 0.25) is 0 Å². The third kappa shape index (κ3) is 5.32. The zero-order valence-electron chi connectivity index (χ0n) is 17.6. The maximum atomic E-state index is 12.5. The van der Waals surface area contributed by atoms with Gasteiger partial charge in [0.05, 0.1) is 13.7 Å². The third-order valence-corrected chi connectivity index (χ3v) is 6.50. The number of carbonyl (C=O) groups excluding carboxylic acids is 1. The van der Waals surface area contributed by atoms with E-state index in [0.717, 1.165) is 48.0 Å². The van der Waals surface area contributed by atoms with Crippen molar-refractivity contribution in [2.24, 2.45) is 0 Å². The molecule has 0 amide bonds. The Morgan fingerprint density at radius 3 is 2.52 bits per heavy atom. The van der Waals surface area contributed by atoms with Crippen molar-refractivity contribution in [3.63, 3.8) is 0 Å². The van der Waals surface area contributed by atoms with E-state index in [2.05, 4.69) is 21.7 Å². The number of thioether (sulfide) groups is 1. The highest BCUT2D eigenvalue weighted by Crippen LogP contribution is 2.37. The summed E-state index contributed by atoms with van der Waals surface area (Å²) in [5.74, 6) is 1.52. The average Bonchev–Trinajstić information content (AvgIpc) is 3.18. The number of benzene rings is 1. The van der Waals surface area contributed by atoms with E-state index < -0.39 is 0 Å². The van der Waals surface area contributed by atoms with Crippen LogP contribution in [0.2, 0.25) is 0 Å². The molecule has 2 aromatic rings. The van der Waals surface area contributed by atoms with E-state index in [-0.39, 0.29) is 11.2 Å². The molecule has 1 unspecified atom stereocenters. The summed E-state index contributed by atoms with van der Waals surface area (Å²) in [7, 11) is 1.66. The number of hydrogen-bond acceptors (Lipinski definition) is 6. The Bertz CT molecular complexity index is 785. The van der Waals surface area contributed by atoms with E-state index in [1.807, 2.05) is 31.2 Å². The minimum Gasteiger partial charge on any atom is -0.497 e. The number of methoxy groups -OCH3 is 1. The van der Waals surface area contributed by atoms with Crippen molar-refractivity contribution in [2.45, 2.75) is 75.2 Å². The van der Waals surface area contributed by atoms with Gasteiger partial charge in [0.15, 0.2) is 11.0 Å². The molecule has 7 heteroatoms. The summed E-state index contributed by atoms with van der Waals surface area (Å²) >= 11 is 1.49. The topological polar surface area (TPSA) is 66.2 Å². The standard InChI is InChI=1S/C22H31N3O3S/c1-4-9-19(21(26)28-5-2)29-22-24-23-20(16-12-14-18(27-3)15-13-16)25(22)17-10-7-6-8-11-17/h12-15,17,19H,4-11H2,1-3H3. The number of carbonyl (C=O) groups is 1. The second-order valence-electron chi connectivity index (χ2n) is 7.34. The van der Waals surface area contributed by atoms with Gasteiger partial charge in [-0.25, -0.2) is 0 Å². The normalized spacial score (nSPS) is 15.8. The van der Waals surface area contributed by atoms with Crippen LogP contribution in [0, 0.1) is 0 Å². The van der Waals surface area contributed by atoms with Crippen LogP contribution in [0.3, 0.4) is 0 Å². The lowest BCUT2D eigenvalue weighted by atomic mass is 9.95. The molecule has 1 aliphatic rings. The summed E-state index contributed by atoms with van der Waals surface area (Å²) in [5.41, 5.74) is 1.01. The Hall–Kier alpha value is -2.02. The lowest BCUT2D eigenvalue weighted by Crippen LogP contribution is -2.22. The van der Waals surface area contributed by atoms with E-state index >= 15 is 0 Å². The summed E-state index contributed by atoms with van der Waals surface area (Å²) in [4.78, 5) is 12.5. The SMILES string of the molecule is CCCC(Sc1nnc(-c2ccc(OC)cc2)n1C1CCCCC1)C(=O)OCC. The minimum absolute atomic E-state index is 0.163. The molecule has 1 atom stereocenters. The highest BCUT2D eigenvalue weighted by Gasteiger charge is 2.28. The van der Waals surface area contributed by atoms with Gasteiger partial charge in [0, 0.05) is 11.6 Å². The Labute approximate surface area is 177 Å². The van der Waals surface area contributed by atoms with Crippen molar-refractivity contribution in [3.8, 4) is 17.1 Å². The molecule has 6 nitrogen and oxygen atoms in total. The zero-order valence-corrected chi connectivity index (χ0v) is 18.4. The smallest absolute Gasteiger partial charge is 0.319 e. The lowest BCUT2D eigenvalue weighted by Gasteiger charge is -2.26. The lowest BCUT2D eigenvalue weighted by molar-refractivity contribution is -0.142. The van der Waals surface area contributed by atoms with E-state index in [9.17, 15) is 4.79 Å². The monoisotopic (exact) mass is 417 g/mol. The summed E-state index contributed by atoms with van der Waals surface area (Å²) in [6.45, 7) is 4.32. The molecule has 0 saturated heterocycles. The minimum atomic E-state index is -0.254. The van der Waals surface area contributed by atoms with Gasteiger partial charge < -0.3 is 9.47 Å². The fraction of sp³-hybridized carbons (Fsp3) is 0.591. The second kappa shape index (κ2) is 10.7. The van der Waals surface area contributed by atoms with Crippen LogP contribution in [-0.2, 0) is 9.53 Å². The zero-order chi connectivity index (χ0) is 20.6. The third-order valence-electron chi connectivity index (χ3n) is 5.30. The molecule has 0 N–H and O–H groups in total. The van der Waals surface area contributed by atoms with Gasteiger partial charge in [-0.3, -0.25) is 9.36 Å². The molecule has 158 valence electrons. The summed E-state index contributed by atoms with van der Waals surface area (Å²) in [5, 5.41) is 9.61. The maximum absolute atomic E-state index is 12.5. The maximum Gasteiger partial charge on any atom is 0.319 e. The predicted octanol–water partition coefficient (Wildman–Crippen LogP) is 5.28. The number of ether oxygens (including phenoxy) is 2. The number of rotatable bonds is 9. The molecular formula is C22H31N3O3S. The van der Waals surface area contributed by atoms with Crippen molar-refractivity contribution in [3.05, 3.63) is 24.3 Å². The molecule has 1 heterocycles. The molecule has 1 aliphatic carbocycles. The predicted molar refractivity (Wildman–Crippen MR) is 115 cm³/mol. The quantitative estimate of drug-likeness (QED) is 0.408. The molecular weight excluding hydrogens is 386 g/mol. The average molecular weight is 418 g/mol. The van der Waals surface area contributed by atoms with Crippen LogP contribution < -0.4 is 4.74 Å². The van der Waals surface area contributed by atoms with Crippen LogP contribution in [0.5, 0.6) is 5.75 Å². The summed E-state index contributed by atoms with van der Waals surface area (Å²) in [6, 6.07) is 8.29. The highest BCUT2D eigenvalue weighted by molar-refractivity contribution is 8.00. The molecule has 1 aromatic heterocycles. The number of nitrogens with zero attached hydrogens (tertiary/aromatic N) is 3. The van der Waals surface area contributed by atoms with Gasteiger partial charge in [-0.05, 0) is 50.5 Å². The first-order valence-corrected chi connectivity index (χ1v) is 11.5. The summed E-state index contributed by atoms with van der Waals surface area (Å²) in [6.07, 6.45) is 7.62. The van der Waals surface area contributed by atoms with Gasteiger partial charge in [0.1, 0.15) is 11.0 Å². The Morgan fingerprint density at radius 1 is 1.17 bits per heavy atom.